The first-order chi connectivity index (χ1) is 6.29. The molecule has 1 aromatic carbocycles. The Labute approximate surface area is 86.3 Å². The van der Waals surface area contributed by atoms with Crippen LogP contribution in [0.1, 0.15) is 6.92 Å². The fraction of sp³-hybridized carbons (Fsp3) is 0.300. The maximum Gasteiger partial charge on any atom is 0.103 e. The summed E-state index contributed by atoms with van der Waals surface area (Å²) < 4.78 is 0.990. The van der Waals surface area contributed by atoms with Crippen LogP contribution in [0.2, 0.25) is 0 Å². The maximum absolute atomic E-state index is 5.28. The molecular formula is C10H14NPS. The van der Waals surface area contributed by atoms with Crippen LogP contribution in [0.15, 0.2) is 30.3 Å². The molecule has 0 fully saturated rings. The molecule has 0 bridgehead atoms. The molecule has 3 heteroatoms. The van der Waals surface area contributed by atoms with Crippen LogP contribution in [0.3, 0.4) is 0 Å². The van der Waals surface area contributed by atoms with Gasteiger partial charge in [0.25, 0.3) is 0 Å². The van der Waals surface area contributed by atoms with Crippen molar-refractivity contribution in [2.45, 2.75) is 6.92 Å². The summed E-state index contributed by atoms with van der Waals surface area (Å²) in [4.78, 5) is 0. The smallest absolute Gasteiger partial charge is 0.103 e. The van der Waals surface area contributed by atoms with Gasteiger partial charge < -0.3 is 5.32 Å². The number of hydrogen-bond donors (Lipinski definition) is 1. The van der Waals surface area contributed by atoms with Gasteiger partial charge >= 0.3 is 0 Å². The Kier molecular flexibility index (Phi) is 4.34. The summed E-state index contributed by atoms with van der Waals surface area (Å²) in [6.07, 6.45) is 1.11. The van der Waals surface area contributed by atoms with E-state index in [4.69, 9.17) is 12.2 Å². The third-order valence-electron chi connectivity index (χ3n) is 1.84. The highest BCUT2D eigenvalue weighted by atomic mass is 32.1. The fourth-order valence-corrected chi connectivity index (χ4v) is 3.58. The topological polar surface area (TPSA) is 12.0 Å². The van der Waals surface area contributed by atoms with Crippen molar-refractivity contribution >= 4 is 30.2 Å². The van der Waals surface area contributed by atoms with Crippen molar-refractivity contribution in [1.82, 2.24) is 5.32 Å². The van der Waals surface area contributed by atoms with E-state index >= 15 is 0 Å². The van der Waals surface area contributed by atoms with Crippen molar-refractivity contribution < 1.29 is 0 Å². The molecule has 0 aliphatic rings. The summed E-state index contributed by atoms with van der Waals surface area (Å²) in [5.41, 5.74) is 0. The van der Waals surface area contributed by atoms with E-state index in [1.807, 2.05) is 13.1 Å². The van der Waals surface area contributed by atoms with Crippen LogP contribution in [0.25, 0.3) is 0 Å². The zero-order chi connectivity index (χ0) is 9.68. The molecule has 0 aliphatic carbocycles. The molecule has 70 valence electrons. The third-order valence-corrected chi connectivity index (χ3v) is 4.98. The zero-order valence-electron chi connectivity index (χ0n) is 7.95. The van der Waals surface area contributed by atoms with Crippen LogP contribution >= 0.6 is 20.1 Å². The lowest BCUT2D eigenvalue weighted by Crippen LogP contribution is -2.19. The molecule has 0 saturated carbocycles. The summed E-state index contributed by atoms with van der Waals surface area (Å²) in [5, 5.41) is 4.44. The van der Waals surface area contributed by atoms with Gasteiger partial charge in [-0.15, -0.1) is 0 Å². The van der Waals surface area contributed by atoms with Crippen LogP contribution in [0, 0.1) is 0 Å². The molecule has 0 spiro atoms. The summed E-state index contributed by atoms with van der Waals surface area (Å²) in [5.74, 6) is 0. The van der Waals surface area contributed by atoms with E-state index in [1.165, 1.54) is 5.30 Å². The number of rotatable bonds is 3. The zero-order valence-corrected chi connectivity index (χ0v) is 9.66. The first kappa shape index (κ1) is 10.6. The van der Waals surface area contributed by atoms with E-state index < -0.39 is 0 Å². The van der Waals surface area contributed by atoms with Crippen molar-refractivity contribution in [1.29, 1.82) is 0 Å². The molecule has 1 unspecified atom stereocenters. The number of nitrogens with one attached hydrogen (secondary N) is 1. The lowest BCUT2D eigenvalue weighted by Gasteiger charge is -2.16. The average molecular weight is 211 g/mol. The second-order valence-corrected chi connectivity index (χ2v) is 5.80. The van der Waals surface area contributed by atoms with Gasteiger partial charge in [0, 0.05) is 7.05 Å². The van der Waals surface area contributed by atoms with E-state index in [0.717, 1.165) is 10.9 Å². The molecule has 13 heavy (non-hydrogen) atoms. The van der Waals surface area contributed by atoms with Crippen LogP contribution in [0.4, 0.5) is 0 Å². The molecule has 0 aromatic heterocycles. The monoisotopic (exact) mass is 211 g/mol. The van der Waals surface area contributed by atoms with Crippen molar-refractivity contribution in [2.75, 3.05) is 13.2 Å². The largest absolute Gasteiger partial charge is 0.379 e. The number of benzene rings is 1. The Bertz CT molecular complexity index is 274. The second-order valence-electron chi connectivity index (χ2n) is 2.63. The Hall–Kier alpha value is -0.460. The third kappa shape index (κ3) is 2.75. The molecular weight excluding hydrogens is 197 g/mol. The average Bonchev–Trinajstić information content (AvgIpc) is 2.20. The highest BCUT2D eigenvalue weighted by Crippen LogP contribution is 2.34. The first-order valence-corrected chi connectivity index (χ1v) is 6.27. The van der Waals surface area contributed by atoms with Crippen molar-refractivity contribution in [3.63, 3.8) is 0 Å². The van der Waals surface area contributed by atoms with E-state index in [9.17, 15) is 0 Å². The Morgan fingerprint density at radius 1 is 1.38 bits per heavy atom. The Balaban J connectivity index is 2.85. The maximum atomic E-state index is 5.28. The predicted octanol–water partition coefficient (Wildman–Crippen LogP) is 2.32. The SMILES string of the molecule is CCP(C(=S)NC)c1ccccc1. The van der Waals surface area contributed by atoms with E-state index in [0.29, 0.717) is 0 Å². The van der Waals surface area contributed by atoms with Crippen molar-refractivity contribution in [3.05, 3.63) is 30.3 Å². The second kappa shape index (κ2) is 5.31. The normalized spacial score (nSPS) is 12.2. The molecule has 1 aromatic rings. The van der Waals surface area contributed by atoms with Gasteiger partial charge in [-0.3, -0.25) is 0 Å². The van der Waals surface area contributed by atoms with Gasteiger partial charge in [-0.25, -0.2) is 0 Å². The molecule has 1 N–H and O–H groups in total. The summed E-state index contributed by atoms with van der Waals surface area (Å²) >= 11 is 5.28. The van der Waals surface area contributed by atoms with Gasteiger partial charge in [-0.05, 0) is 19.4 Å². The lowest BCUT2D eigenvalue weighted by atomic mass is 10.4. The minimum Gasteiger partial charge on any atom is -0.379 e. The van der Waals surface area contributed by atoms with Gasteiger partial charge in [0.15, 0.2) is 0 Å². The van der Waals surface area contributed by atoms with Crippen molar-refractivity contribution in [2.24, 2.45) is 0 Å². The van der Waals surface area contributed by atoms with E-state index in [-0.39, 0.29) is 7.92 Å². The highest BCUT2D eigenvalue weighted by molar-refractivity contribution is 8.01. The fourth-order valence-electron chi connectivity index (χ4n) is 1.19. The molecule has 0 aliphatic heterocycles. The summed E-state index contributed by atoms with van der Waals surface area (Å²) in [6.45, 7) is 2.18. The predicted molar refractivity (Wildman–Crippen MR) is 65.2 cm³/mol. The summed E-state index contributed by atoms with van der Waals surface area (Å²) in [6, 6.07) is 10.5. The molecule has 1 atom stereocenters. The molecule has 0 saturated heterocycles. The first-order valence-electron chi connectivity index (χ1n) is 4.34. The van der Waals surface area contributed by atoms with Crippen LogP contribution in [-0.2, 0) is 0 Å². The molecule has 0 heterocycles. The Morgan fingerprint density at radius 2 is 2.00 bits per heavy atom. The number of hydrogen-bond acceptors (Lipinski definition) is 1. The van der Waals surface area contributed by atoms with E-state index in [2.05, 4.69) is 36.5 Å². The minimum atomic E-state index is -0.294. The van der Waals surface area contributed by atoms with Gasteiger partial charge in [0.05, 0.1) is 0 Å². The van der Waals surface area contributed by atoms with Crippen LogP contribution in [-0.4, -0.2) is 17.9 Å². The summed E-state index contributed by atoms with van der Waals surface area (Å²) in [7, 11) is 1.60. The molecule has 1 rings (SSSR count). The molecule has 0 amide bonds. The van der Waals surface area contributed by atoms with Gasteiger partial charge in [0.1, 0.15) is 4.73 Å². The van der Waals surface area contributed by atoms with Gasteiger partial charge in [-0.1, -0.05) is 49.5 Å². The van der Waals surface area contributed by atoms with Crippen molar-refractivity contribution in [3.8, 4) is 0 Å². The highest BCUT2D eigenvalue weighted by Gasteiger charge is 2.11. The lowest BCUT2D eigenvalue weighted by molar-refractivity contribution is 1.23. The molecule has 0 radical (unpaired) electrons. The number of thiocarbonyl (C=S) groups is 1. The minimum absolute atomic E-state index is 0.294. The Morgan fingerprint density at radius 3 is 2.46 bits per heavy atom. The van der Waals surface area contributed by atoms with Crippen LogP contribution < -0.4 is 10.6 Å². The molecule has 1 nitrogen and oxygen atoms in total. The van der Waals surface area contributed by atoms with Gasteiger partial charge in [-0.2, -0.15) is 0 Å². The van der Waals surface area contributed by atoms with E-state index in [1.54, 1.807) is 0 Å². The van der Waals surface area contributed by atoms with Gasteiger partial charge in [0.2, 0.25) is 0 Å². The van der Waals surface area contributed by atoms with Crippen LogP contribution in [0.5, 0.6) is 0 Å². The standard InChI is InChI=1S/C10H14NPS/c1-3-12(10(13)11-2)9-7-5-4-6-8-9/h4-8H,3H2,1-2H3,(H,11,13). The quantitative estimate of drug-likeness (QED) is 0.608.